The maximum absolute atomic E-state index is 13.7. The van der Waals surface area contributed by atoms with Crippen LogP contribution < -0.4 is 0 Å². The number of alkyl halides is 3. The van der Waals surface area contributed by atoms with Crippen molar-refractivity contribution in [3.8, 4) is 16.3 Å². The maximum Gasteiger partial charge on any atom is 0.417 e. The number of halogens is 4. The van der Waals surface area contributed by atoms with Gasteiger partial charge in [-0.3, -0.25) is 0 Å². The van der Waals surface area contributed by atoms with Crippen LogP contribution >= 0.6 is 22.9 Å². The first kappa shape index (κ1) is 17.1. The Labute approximate surface area is 155 Å². The Morgan fingerprint density at radius 2 is 1.81 bits per heavy atom. The number of hydrogen-bond donors (Lipinski definition) is 0. The normalized spacial score (nSPS) is 12.0. The Morgan fingerprint density at radius 1 is 1.08 bits per heavy atom. The summed E-state index contributed by atoms with van der Waals surface area (Å²) in [7, 11) is 0. The van der Waals surface area contributed by atoms with E-state index in [2.05, 4.69) is 10.1 Å². The minimum atomic E-state index is -4.52. The fourth-order valence-corrected chi connectivity index (χ4v) is 3.84. The molecule has 4 aromatic rings. The molecule has 0 atom stereocenters. The lowest BCUT2D eigenvalue weighted by atomic mass is 10.1. The Morgan fingerprint density at radius 3 is 2.42 bits per heavy atom. The van der Waals surface area contributed by atoms with Gasteiger partial charge in [-0.05, 0) is 37.3 Å². The van der Waals surface area contributed by atoms with Crippen LogP contribution in [0.15, 0.2) is 48.5 Å². The van der Waals surface area contributed by atoms with E-state index in [1.165, 1.54) is 16.0 Å². The van der Waals surface area contributed by atoms with Gasteiger partial charge in [0.15, 0.2) is 5.65 Å². The van der Waals surface area contributed by atoms with Crippen molar-refractivity contribution in [2.24, 2.45) is 0 Å². The summed E-state index contributed by atoms with van der Waals surface area (Å²) in [5.41, 5.74) is 0.565. The van der Waals surface area contributed by atoms with E-state index in [0.29, 0.717) is 14.9 Å². The topological polar surface area (TPSA) is 30.7 Å². The molecule has 0 saturated carbocycles. The number of rotatable bonds is 2. The molecule has 4 rings (SSSR count). The zero-order valence-corrected chi connectivity index (χ0v) is 15.0. The van der Waals surface area contributed by atoms with Gasteiger partial charge in [0.2, 0.25) is 0 Å². The summed E-state index contributed by atoms with van der Waals surface area (Å²) in [6.45, 7) is 1.56. The molecule has 0 radical (unpaired) electrons. The number of hydrogen-bond acceptors (Lipinski definition) is 3. The molecule has 26 heavy (non-hydrogen) atoms. The molecule has 0 aliphatic rings. The van der Waals surface area contributed by atoms with Gasteiger partial charge in [-0.15, -0.1) is 11.3 Å². The van der Waals surface area contributed by atoms with Gasteiger partial charge >= 0.3 is 6.18 Å². The molecule has 0 spiro atoms. The molecular formula is C18H11ClF3N3S. The van der Waals surface area contributed by atoms with Crippen LogP contribution in [-0.4, -0.2) is 14.8 Å². The number of thiophene rings is 1. The highest BCUT2D eigenvalue weighted by Gasteiger charge is 2.36. The summed E-state index contributed by atoms with van der Waals surface area (Å²) < 4.78 is 43.1. The van der Waals surface area contributed by atoms with E-state index in [9.17, 15) is 13.2 Å². The highest BCUT2D eigenvalue weighted by Crippen LogP contribution is 2.40. The second-order valence-electron chi connectivity index (χ2n) is 5.69. The van der Waals surface area contributed by atoms with Crippen LogP contribution in [0.25, 0.3) is 27.3 Å². The van der Waals surface area contributed by atoms with Crippen LogP contribution in [0, 0.1) is 6.92 Å². The Bertz CT molecular complexity index is 1100. The molecule has 3 aromatic heterocycles. The van der Waals surface area contributed by atoms with E-state index in [-0.39, 0.29) is 22.4 Å². The smallest absolute Gasteiger partial charge is 0.227 e. The van der Waals surface area contributed by atoms with Crippen LogP contribution in [0.4, 0.5) is 13.2 Å². The van der Waals surface area contributed by atoms with Gasteiger partial charge in [-0.1, -0.05) is 29.8 Å². The summed E-state index contributed by atoms with van der Waals surface area (Å²) >= 11 is 7.12. The quantitative estimate of drug-likeness (QED) is 0.410. The molecule has 8 heteroatoms. The second kappa shape index (κ2) is 6.10. The van der Waals surface area contributed by atoms with Gasteiger partial charge in [0.05, 0.1) is 37.2 Å². The van der Waals surface area contributed by atoms with E-state index < -0.39 is 11.7 Å². The van der Waals surface area contributed by atoms with Crippen molar-refractivity contribution in [3.63, 3.8) is 0 Å². The molecular weight excluding hydrogens is 383 g/mol. The van der Waals surface area contributed by atoms with Gasteiger partial charge in [0, 0.05) is 0 Å². The van der Waals surface area contributed by atoms with Crippen molar-refractivity contribution in [1.82, 2.24) is 14.8 Å². The fraction of sp³-hybridized carbons (Fsp3) is 0.111. The van der Waals surface area contributed by atoms with Crippen molar-refractivity contribution >= 4 is 34.0 Å². The highest BCUT2D eigenvalue weighted by molar-refractivity contribution is 7.19. The van der Waals surface area contributed by atoms with Crippen LogP contribution in [0.3, 0.4) is 0 Å². The number of pyridine rings is 1. The molecule has 132 valence electrons. The molecule has 0 fully saturated rings. The number of benzene rings is 1. The first-order chi connectivity index (χ1) is 12.3. The van der Waals surface area contributed by atoms with Gasteiger partial charge in [0.1, 0.15) is 0 Å². The summed E-state index contributed by atoms with van der Waals surface area (Å²) in [4.78, 5) is 5.05. The average molecular weight is 394 g/mol. The van der Waals surface area contributed by atoms with Crippen LogP contribution in [0.1, 0.15) is 11.3 Å². The first-order valence-electron chi connectivity index (χ1n) is 7.63. The zero-order valence-electron chi connectivity index (χ0n) is 13.4. The van der Waals surface area contributed by atoms with E-state index in [1.54, 1.807) is 43.3 Å². The Hall–Kier alpha value is -2.38. The molecule has 0 bridgehead atoms. The zero-order chi connectivity index (χ0) is 18.5. The number of nitrogens with zero attached hydrogens (tertiary/aromatic N) is 3. The number of aryl methyl sites for hydroxylation is 1. The molecule has 0 N–H and O–H groups in total. The van der Waals surface area contributed by atoms with Gasteiger partial charge in [-0.25, -0.2) is 9.67 Å². The lowest BCUT2D eigenvalue weighted by molar-refractivity contribution is -0.136. The number of para-hydroxylation sites is 1. The molecule has 0 aliphatic heterocycles. The Kier molecular flexibility index (Phi) is 4.00. The van der Waals surface area contributed by atoms with Crippen molar-refractivity contribution in [2.75, 3.05) is 0 Å². The molecule has 0 saturated heterocycles. The first-order valence-corrected chi connectivity index (χ1v) is 8.83. The van der Waals surface area contributed by atoms with Crippen LogP contribution in [-0.2, 0) is 6.18 Å². The van der Waals surface area contributed by atoms with Crippen molar-refractivity contribution in [2.45, 2.75) is 13.1 Å². The third kappa shape index (κ3) is 2.87. The summed E-state index contributed by atoms with van der Waals surface area (Å²) in [5, 5.41) is 4.31. The summed E-state index contributed by atoms with van der Waals surface area (Å²) in [6, 6.07) is 13.3. The van der Waals surface area contributed by atoms with Crippen molar-refractivity contribution in [1.29, 1.82) is 0 Å². The molecule has 3 nitrogen and oxygen atoms in total. The van der Waals surface area contributed by atoms with E-state index in [1.807, 2.05) is 6.07 Å². The van der Waals surface area contributed by atoms with E-state index in [4.69, 9.17) is 11.6 Å². The van der Waals surface area contributed by atoms with Crippen molar-refractivity contribution in [3.05, 3.63) is 64.1 Å². The molecule has 0 aliphatic carbocycles. The summed E-state index contributed by atoms with van der Waals surface area (Å²) in [5.74, 6) is 0. The minimum absolute atomic E-state index is 0.00718. The second-order valence-corrected chi connectivity index (χ2v) is 7.40. The molecule has 0 unspecified atom stereocenters. The minimum Gasteiger partial charge on any atom is -0.227 e. The standard InChI is InChI=1S/C18H11ClF3N3S/c1-10-16-12(18(20,21)22)9-13(14-7-8-15(19)26-14)23-17(16)25(24-10)11-5-3-2-4-6-11/h2-9H,1H3. The highest BCUT2D eigenvalue weighted by atomic mass is 35.5. The maximum atomic E-state index is 13.7. The third-order valence-corrected chi connectivity index (χ3v) is 5.20. The monoisotopic (exact) mass is 393 g/mol. The van der Waals surface area contributed by atoms with Gasteiger partial charge in [-0.2, -0.15) is 18.3 Å². The Balaban J connectivity index is 2.07. The molecule has 0 amide bonds. The van der Waals surface area contributed by atoms with E-state index >= 15 is 0 Å². The lowest BCUT2D eigenvalue weighted by Crippen LogP contribution is -2.07. The van der Waals surface area contributed by atoms with Gasteiger partial charge < -0.3 is 0 Å². The van der Waals surface area contributed by atoms with Crippen LogP contribution in [0.2, 0.25) is 4.34 Å². The predicted octanol–water partition coefficient (Wildman–Crippen LogP) is 6.13. The number of aromatic nitrogens is 3. The largest absolute Gasteiger partial charge is 0.417 e. The fourth-order valence-electron chi connectivity index (χ4n) is 2.84. The van der Waals surface area contributed by atoms with Gasteiger partial charge in [0.25, 0.3) is 0 Å². The van der Waals surface area contributed by atoms with Crippen LogP contribution in [0.5, 0.6) is 0 Å². The summed E-state index contributed by atoms with van der Waals surface area (Å²) in [6.07, 6.45) is -4.52. The number of fused-ring (bicyclic) bond motifs is 1. The molecule has 1 aromatic carbocycles. The lowest BCUT2D eigenvalue weighted by Gasteiger charge is -2.11. The predicted molar refractivity (Wildman–Crippen MR) is 96.9 cm³/mol. The third-order valence-electron chi connectivity index (χ3n) is 3.94. The van der Waals surface area contributed by atoms with Crippen molar-refractivity contribution < 1.29 is 13.2 Å². The SMILES string of the molecule is Cc1nn(-c2ccccc2)c2nc(-c3ccc(Cl)s3)cc(C(F)(F)F)c12. The molecule has 3 heterocycles. The average Bonchev–Trinajstić information content (AvgIpc) is 3.18. The van der Waals surface area contributed by atoms with E-state index in [0.717, 1.165) is 6.07 Å².